The Morgan fingerprint density at radius 2 is 2.19 bits per heavy atom. The molecule has 0 aliphatic carbocycles. The van der Waals surface area contributed by atoms with Crippen LogP contribution in [0.5, 0.6) is 0 Å². The summed E-state index contributed by atoms with van der Waals surface area (Å²) in [5.74, 6) is 0.366. The SMILES string of the molecule is CNC(=O)CSc1ncnc2ccccc12. The Hall–Kier alpha value is -1.62. The normalized spacial score (nSPS) is 10.3. The molecule has 5 heteroatoms. The van der Waals surface area contributed by atoms with Crippen molar-refractivity contribution in [1.82, 2.24) is 15.3 Å². The molecule has 0 unspecified atom stereocenters. The van der Waals surface area contributed by atoms with Crippen LogP contribution in [0.4, 0.5) is 0 Å². The maximum Gasteiger partial charge on any atom is 0.230 e. The van der Waals surface area contributed by atoms with E-state index in [0.717, 1.165) is 15.9 Å². The lowest BCUT2D eigenvalue weighted by molar-refractivity contribution is -0.118. The largest absolute Gasteiger partial charge is 0.358 e. The minimum Gasteiger partial charge on any atom is -0.358 e. The van der Waals surface area contributed by atoms with Crippen molar-refractivity contribution in [3.05, 3.63) is 30.6 Å². The van der Waals surface area contributed by atoms with E-state index in [1.54, 1.807) is 7.05 Å². The summed E-state index contributed by atoms with van der Waals surface area (Å²) in [4.78, 5) is 19.5. The Morgan fingerprint density at radius 3 is 3.00 bits per heavy atom. The van der Waals surface area contributed by atoms with Gasteiger partial charge in [0.15, 0.2) is 0 Å². The van der Waals surface area contributed by atoms with E-state index >= 15 is 0 Å². The molecule has 1 heterocycles. The van der Waals surface area contributed by atoms with Gasteiger partial charge >= 0.3 is 0 Å². The number of amides is 1. The number of para-hydroxylation sites is 1. The van der Waals surface area contributed by atoms with E-state index in [9.17, 15) is 4.79 Å². The molecule has 1 N–H and O–H groups in total. The van der Waals surface area contributed by atoms with Crippen LogP contribution in [0.25, 0.3) is 10.9 Å². The average molecular weight is 233 g/mol. The summed E-state index contributed by atoms with van der Waals surface area (Å²) in [6.45, 7) is 0. The third-order valence-corrected chi connectivity index (χ3v) is 3.13. The molecule has 0 fully saturated rings. The number of nitrogens with one attached hydrogen (secondary N) is 1. The molecule has 16 heavy (non-hydrogen) atoms. The van der Waals surface area contributed by atoms with Crippen LogP contribution >= 0.6 is 11.8 Å². The molecule has 0 spiro atoms. The highest BCUT2D eigenvalue weighted by Gasteiger charge is 2.05. The van der Waals surface area contributed by atoms with Crippen molar-refractivity contribution in [1.29, 1.82) is 0 Å². The monoisotopic (exact) mass is 233 g/mol. The third-order valence-electron chi connectivity index (χ3n) is 2.13. The van der Waals surface area contributed by atoms with Gasteiger partial charge in [-0.2, -0.15) is 0 Å². The first-order valence-corrected chi connectivity index (χ1v) is 5.83. The predicted molar refractivity (Wildman–Crippen MR) is 64.3 cm³/mol. The van der Waals surface area contributed by atoms with Gasteiger partial charge in [0, 0.05) is 12.4 Å². The molecule has 0 aliphatic rings. The molecular weight excluding hydrogens is 222 g/mol. The lowest BCUT2D eigenvalue weighted by Crippen LogP contribution is -2.19. The molecule has 0 saturated carbocycles. The quantitative estimate of drug-likeness (QED) is 0.644. The highest BCUT2D eigenvalue weighted by Crippen LogP contribution is 2.23. The number of carbonyl (C=O) groups excluding carboxylic acids is 1. The smallest absolute Gasteiger partial charge is 0.230 e. The number of rotatable bonds is 3. The van der Waals surface area contributed by atoms with Crippen LogP contribution in [0.15, 0.2) is 35.6 Å². The van der Waals surface area contributed by atoms with Crippen molar-refractivity contribution in [3.63, 3.8) is 0 Å². The lowest BCUT2D eigenvalue weighted by Gasteiger charge is -2.03. The van der Waals surface area contributed by atoms with Gasteiger partial charge in [0.2, 0.25) is 5.91 Å². The molecule has 1 aromatic heterocycles. The van der Waals surface area contributed by atoms with Crippen LogP contribution in [-0.2, 0) is 4.79 Å². The number of aromatic nitrogens is 2. The first-order valence-electron chi connectivity index (χ1n) is 4.84. The second kappa shape index (κ2) is 4.94. The van der Waals surface area contributed by atoms with Crippen molar-refractivity contribution in [2.24, 2.45) is 0 Å². The predicted octanol–water partition coefficient (Wildman–Crippen LogP) is 1.47. The van der Waals surface area contributed by atoms with Gasteiger partial charge in [0.1, 0.15) is 11.4 Å². The minimum atomic E-state index is -0.00677. The zero-order chi connectivity index (χ0) is 11.4. The van der Waals surface area contributed by atoms with Crippen molar-refractivity contribution in [2.75, 3.05) is 12.8 Å². The molecule has 1 aromatic carbocycles. The van der Waals surface area contributed by atoms with Gasteiger partial charge in [-0.15, -0.1) is 0 Å². The Labute approximate surface area is 97.5 Å². The number of thioether (sulfide) groups is 1. The van der Waals surface area contributed by atoms with Gasteiger partial charge in [0.05, 0.1) is 11.3 Å². The number of benzene rings is 1. The highest BCUT2D eigenvalue weighted by atomic mass is 32.2. The van der Waals surface area contributed by atoms with Gasteiger partial charge in [-0.3, -0.25) is 4.79 Å². The molecule has 4 nitrogen and oxygen atoms in total. The summed E-state index contributed by atoms with van der Waals surface area (Å²) in [6, 6.07) is 7.76. The third kappa shape index (κ3) is 2.30. The van der Waals surface area contributed by atoms with Crippen LogP contribution in [0.2, 0.25) is 0 Å². The van der Waals surface area contributed by atoms with E-state index in [1.165, 1.54) is 18.1 Å². The van der Waals surface area contributed by atoms with Crippen LogP contribution in [0.1, 0.15) is 0 Å². The number of nitrogens with zero attached hydrogens (tertiary/aromatic N) is 2. The summed E-state index contributed by atoms with van der Waals surface area (Å²) in [6.07, 6.45) is 1.52. The van der Waals surface area contributed by atoms with Gasteiger partial charge in [-0.05, 0) is 6.07 Å². The van der Waals surface area contributed by atoms with Gasteiger partial charge in [0.25, 0.3) is 0 Å². The van der Waals surface area contributed by atoms with Crippen molar-refractivity contribution in [3.8, 4) is 0 Å². The minimum absolute atomic E-state index is 0.00677. The van der Waals surface area contributed by atoms with Gasteiger partial charge in [-0.25, -0.2) is 9.97 Å². The van der Waals surface area contributed by atoms with Gasteiger partial charge < -0.3 is 5.32 Å². The number of carbonyl (C=O) groups is 1. The van der Waals surface area contributed by atoms with E-state index in [0.29, 0.717) is 5.75 Å². The number of hydrogen-bond acceptors (Lipinski definition) is 4. The van der Waals surface area contributed by atoms with Crippen LogP contribution in [0.3, 0.4) is 0 Å². The summed E-state index contributed by atoms with van der Waals surface area (Å²) in [5.41, 5.74) is 0.900. The Balaban J connectivity index is 2.27. The highest BCUT2D eigenvalue weighted by molar-refractivity contribution is 8.00. The van der Waals surface area contributed by atoms with Crippen LogP contribution < -0.4 is 5.32 Å². The molecule has 1 amide bonds. The summed E-state index contributed by atoms with van der Waals surface area (Å²) in [5, 5.41) is 4.41. The van der Waals surface area contributed by atoms with Crippen LogP contribution in [-0.4, -0.2) is 28.7 Å². The van der Waals surface area contributed by atoms with Gasteiger partial charge in [-0.1, -0.05) is 30.0 Å². The fourth-order valence-electron chi connectivity index (χ4n) is 1.30. The van der Waals surface area contributed by atoms with Crippen molar-refractivity contribution < 1.29 is 4.79 Å². The van der Waals surface area contributed by atoms with E-state index in [4.69, 9.17) is 0 Å². The fourth-order valence-corrected chi connectivity index (χ4v) is 2.16. The van der Waals surface area contributed by atoms with Crippen molar-refractivity contribution in [2.45, 2.75) is 5.03 Å². The van der Waals surface area contributed by atoms with E-state index in [-0.39, 0.29) is 5.91 Å². The molecule has 0 atom stereocenters. The van der Waals surface area contributed by atoms with E-state index < -0.39 is 0 Å². The molecule has 0 saturated heterocycles. The summed E-state index contributed by atoms with van der Waals surface area (Å²) in [7, 11) is 1.63. The van der Waals surface area contributed by atoms with E-state index in [1.807, 2.05) is 24.3 Å². The topological polar surface area (TPSA) is 54.9 Å². The molecule has 0 bridgehead atoms. The first kappa shape index (κ1) is 10.9. The second-order valence-corrected chi connectivity index (χ2v) is 4.12. The van der Waals surface area contributed by atoms with E-state index in [2.05, 4.69) is 15.3 Å². The number of fused-ring (bicyclic) bond motifs is 1. The molecule has 2 aromatic rings. The van der Waals surface area contributed by atoms with Crippen molar-refractivity contribution >= 4 is 28.6 Å². The Morgan fingerprint density at radius 1 is 1.38 bits per heavy atom. The summed E-state index contributed by atoms with van der Waals surface area (Å²) < 4.78 is 0. The van der Waals surface area contributed by atoms with Crippen LogP contribution in [0, 0.1) is 0 Å². The first-order chi connectivity index (χ1) is 7.81. The fraction of sp³-hybridized carbons (Fsp3) is 0.182. The zero-order valence-corrected chi connectivity index (χ0v) is 9.62. The maximum atomic E-state index is 11.1. The maximum absolute atomic E-state index is 11.1. The molecule has 0 aliphatic heterocycles. The Kier molecular flexibility index (Phi) is 3.36. The summed E-state index contributed by atoms with van der Waals surface area (Å²) >= 11 is 1.42. The second-order valence-electron chi connectivity index (χ2n) is 3.16. The Bertz CT molecular complexity index is 510. The standard InChI is InChI=1S/C11H11N3OS/c1-12-10(15)6-16-11-8-4-2-3-5-9(8)13-7-14-11/h2-5,7H,6H2,1H3,(H,12,15). The molecular formula is C11H11N3OS. The zero-order valence-electron chi connectivity index (χ0n) is 8.80. The average Bonchev–Trinajstić information content (AvgIpc) is 2.35. The molecule has 2 rings (SSSR count). The number of hydrogen-bond donors (Lipinski definition) is 1. The molecule has 82 valence electrons. The lowest BCUT2D eigenvalue weighted by atomic mass is 10.2. The molecule has 0 radical (unpaired) electrons.